The highest BCUT2D eigenvalue weighted by atomic mass is 16.5. The summed E-state index contributed by atoms with van der Waals surface area (Å²) in [6.45, 7) is 2.68. The quantitative estimate of drug-likeness (QED) is 0.815. The lowest BCUT2D eigenvalue weighted by Gasteiger charge is -2.30. The number of hydrogen-bond donors (Lipinski definition) is 2. The van der Waals surface area contributed by atoms with Crippen LogP contribution in [0.15, 0.2) is 23.1 Å². The molecule has 2 N–H and O–H groups in total. The van der Waals surface area contributed by atoms with Crippen molar-refractivity contribution in [3.05, 3.63) is 34.2 Å². The molecule has 1 aliphatic rings. The number of amides is 1. The monoisotopic (exact) mass is 294 g/mol. The van der Waals surface area contributed by atoms with Crippen LogP contribution in [-0.2, 0) is 9.53 Å². The Balaban J connectivity index is 2.25. The van der Waals surface area contributed by atoms with E-state index in [0.717, 1.165) is 0 Å². The summed E-state index contributed by atoms with van der Waals surface area (Å²) in [7, 11) is 0. The van der Waals surface area contributed by atoms with E-state index >= 15 is 0 Å². The number of carboxylic acids is 1. The number of nitrogens with zero attached hydrogens (tertiary/aromatic N) is 1. The molecule has 1 aliphatic heterocycles. The molecule has 1 aromatic rings. The molecule has 2 rings (SSSR count). The fourth-order valence-electron chi connectivity index (χ4n) is 2.45. The molecule has 0 aromatic carbocycles. The second-order valence-corrected chi connectivity index (χ2v) is 4.99. The zero-order valence-electron chi connectivity index (χ0n) is 11.7. The number of hydrogen-bond acceptors (Lipinski definition) is 4. The number of rotatable bonds is 5. The van der Waals surface area contributed by atoms with Gasteiger partial charge < -0.3 is 19.7 Å². The van der Waals surface area contributed by atoms with Crippen molar-refractivity contribution in [2.45, 2.75) is 19.4 Å². The highest BCUT2D eigenvalue weighted by molar-refractivity contribution is 5.94. The summed E-state index contributed by atoms with van der Waals surface area (Å²) in [5.41, 5.74) is 0.0419. The Hall–Kier alpha value is -2.15. The van der Waals surface area contributed by atoms with E-state index in [2.05, 4.69) is 4.98 Å². The number of ether oxygens (including phenoxy) is 1. The number of carbonyl (C=O) groups is 2. The highest BCUT2D eigenvalue weighted by Crippen LogP contribution is 2.22. The third-order valence-corrected chi connectivity index (χ3v) is 3.52. The maximum atomic E-state index is 12.6. The smallest absolute Gasteiger partial charge is 0.311 e. The lowest BCUT2D eigenvalue weighted by molar-refractivity contribution is -0.142. The van der Waals surface area contributed by atoms with Crippen LogP contribution in [-0.4, -0.2) is 52.7 Å². The molecule has 0 aliphatic carbocycles. The van der Waals surface area contributed by atoms with Crippen LogP contribution in [0.5, 0.6) is 0 Å². The number of carbonyl (C=O) groups excluding carboxylic acids is 1. The molecule has 2 atom stereocenters. The Labute approximate surface area is 121 Å². The van der Waals surface area contributed by atoms with Gasteiger partial charge in [0, 0.05) is 18.8 Å². The van der Waals surface area contributed by atoms with E-state index in [9.17, 15) is 19.5 Å². The van der Waals surface area contributed by atoms with Crippen LogP contribution >= 0.6 is 0 Å². The number of H-pyrrole nitrogens is 1. The molecule has 2 heterocycles. The molecule has 114 valence electrons. The number of carboxylic acid groups (broad SMARTS) is 1. The second kappa shape index (κ2) is 6.53. The van der Waals surface area contributed by atoms with Gasteiger partial charge in [-0.3, -0.25) is 14.4 Å². The predicted molar refractivity (Wildman–Crippen MR) is 74.1 cm³/mol. The Morgan fingerprint density at radius 3 is 2.76 bits per heavy atom. The van der Waals surface area contributed by atoms with E-state index in [1.54, 1.807) is 0 Å². The molecule has 21 heavy (non-hydrogen) atoms. The van der Waals surface area contributed by atoms with Crippen LogP contribution in [0.2, 0.25) is 0 Å². The van der Waals surface area contributed by atoms with Crippen molar-refractivity contribution in [2.75, 3.05) is 19.8 Å². The van der Waals surface area contributed by atoms with Gasteiger partial charge in [-0.2, -0.15) is 0 Å². The molecule has 0 radical (unpaired) electrons. The minimum absolute atomic E-state index is 0.110. The van der Waals surface area contributed by atoms with Gasteiger partial charge in [-0.25, -0.2) is 0 Å². The number of nitrogens with one attached hydrogen (secondary N) is 1. The van der Waals surface area contributed by atoms with Crippen molar-refractivity contribution in [3.8, 4) is 0 Å². The molecule has 0 spiro atoms. The predicted octanol–water partition coefficient (Wildman–Crippen LogP) is 0.327. The molecular weight excluding hydrogens is 276 g/mol. The number of pyridine rings is 1. The van der Waals surface area contributed by atoms with Gasteiger partial charge in [0.05, 0.1) is 24.8 Å². The van der Waals surface area contributed by atoms with Gasteiger partial charge in [0.2, 0.25) is 5.56 Å². The molecule has 0 bridgehead atoms. The van der Waals surface area contributed by atoms with E-state index in [0.29, 0.717) is 18.5 Å². The summed E-state index contributed by atoms with van der Waals surface area (Å²) in [6.07, 6.45) is 2.05. The van der Waals surface area contributed by atoms with Crippen molar-refractivity contribution >= 4 is 11.9 Å². The molecule has 1 fully saturated rings. The highest BCUT2D eigenvalue weighted by Gasteiger charge is 2.39. The van der Waals surface area contributed by atoms with Gasteiger partial charge in [0.1, 0.15) is 5.92 Å². The first-order chi connectivity index (χ1) is 10.0. The van der Waals surface area contributed by atoms with Gasteiger partial charge in [-0.15, -0.1) is 0 Å². The molecular formula is C14H18N2O5. The molecule has 1 amide bonds. The SMILES string of the molecule is CCCN(C(=O)c1ccc(=O)[nH]c1)C1COCC1C(=O)O. The Kier molecular flexibility index (Phi) is 4.74. The number of aromatic nitrogens is 1. The average molecular weight is 294 g/mol. The number of aliphatic carboxylic acids is 1. The maximum absolute atomic E-state index is 12.6. The van der Waals surface area contributed by atoms with Crippen molar-refractivity contribution in [2.24, 2.45) is 5.92 Å². The number of aromatic amines is 1. The first kappa shape index (κ1) is 15.2. The third kappa shape index (κ3) is 3.30. The zero-order chi connectivity index (χ0) is 15.4. The minimum Gasteiger partial charge on any atom is -0.481 e. The Bertz CT molecular complexity index is 562. The van der Waals surface area contributed by atoms with Crippen LogP contribution in [0, 0.1) is 5.92 Å². The summed E-state index contributed by atoms with van der Waals surface area (Å²) in [5.74, 6) is -1.98. The van der Waals surface area contributed by atoms with Gasteiger partial charge >= 0.3 is 5.97 Å². The van der Waals surface area contributed by atoms with E-state index < -0.39 is 17.9 Å². The van der Waals surface area contributed by atoms with Crippen LogP contribution in [0.4, 0.5) is 0 Å². The van der Waals surface area contributed by atoms with Crippen LogP contribution in [0.3, 0.4) is 0 Å². The lowest BCUT2D eigenvalue weighted by atomic mass is 10.0. The van der Waals surface area contributed by atoms with E-state index in [4.69, 9.17) is 4.74 Å². The molecule has 7 nitrogen and oxygen atoms in total. The third-order valence-electron chi connectivity index (χ3n) is 3.52. The van der Waals surface area contributed by atoms with Gasteiger partial charge in [0.15, 0.2) is 0 Å². The zero-order valence-corrected chi connectivity index (χ0v) is 11.7. The van der Waals surface area contributed by atoms with Crippen molar-refractivity contribution < 1.29 is 19.4 Å². The molecule has 0 saturated carbocycles. The summed E-state index contributed by atoms with van der Waals surface area (Å²) < 4.78 is 5.23. The Morgan fingerprint density at radius 2 is 2.19 bits per heavy atom. The van der Waals surface area contributed by atoms with Crippen molar-refractivity contribution in [1.82, 2.24) is 9.88 Å². The molecule has 1 aromatic heterocycles. The van der Waals surface area contributed by atoms with Gasteiger partial charge in [0.25, 0.3) is 5.91 Å². The summed E-state index contributed by atoms with van der Waals surface area (Å²) in [6, 6.07) is 2.23. The Morgan fingerprint density at radius 1 is 1.43 bits per heavy atom. The summed E-state index contributed by atoms with van der Waals surface area (Å²) in [5, 5.41) is 9.22. The second-order valence-electron chi connectivity index (χ2n) is 4.99. The standard InChI is InChI=1S/C14H18N2O5/c1-2-5-16(11-8-21-7-10(11)14(19)20)13(18)9-3-4-12(17)15-6-9/h3-4,6,10-11H,2,5,7-8H2,1H3,(H,15,17)(H,19,20). The van der Waals surface area contributed by atoms with Crippen molar-refractivity contribution in [3.63, 3.8) is 0 Å². The van der Waals surface area contributed by atoms with Crippen LogP contribution in [0.25, 0.3) is 0 Å². The maximum Gasteiger partial charge on any atom is 0.311 e. The van der Waals surface area contributed by atoms with E-state index in [1.165, 1.54) is 23.2 Å². The largest absolute Gasteiger partial charge is 0.481 e. The lowest BCUT2D eigenvalue weighted by Crippen LogP contribution is -2.47. The topological polar surface area (TPSA) is 99.7 Å². The molecule has 2 unspecified atom stereocenters. The van der Waals surface area contributed by atoms with E-state index in [-0.39, 0.29) is 24.7 Å². The van der Waals surface area contributed by atoms with E-state index in [1.807, 2.05) is 6.92 Å². The fraction of sp³-hybridized carbons (Fsp3) is 0.500. The summed E-state index contributed by atoms with van der Waals surface area (Å²) >= 11 is 0. The summed E-state index contributed by atoms with van der Waals surface area (Å²) in [4.78, 5) is 38.9. The van der Waals surface area contributed by atoms with Gasteiger partial charge in [-0.05, 0) is 12.5 Å². The van der Waals surface area contributed by atoms with Gasteiger partial charge in [-0.1, -0.05) is 6.92 Å². The molecule has 1 saturated heterocycles. The van der Waals surface area contributed by atoms with Crippen LogP contribution < -0.4 is 5.56 Å². The normalized spacial score (nSPS) is 21.2. The fourth-order valence-corrected chi connectivity index (χ4v) is 2.45. The van der Waals surface area contributed by atoms with Crippen molar-refractivity contribution in [1.29, 1.82) is 0 Å². The minimum atomic E-state index is -0.965. The van der Waals surface area contributed by atoms with Crippen LogP contribution in [0.1, 0.15) is 23.7 Å². The molecule has 7 heteroatoms. The first-order valence-electron chi connectivity index (χ1n) is 6.85. The first-order valence-corrected chi connectivity index (χ1v) is 6.85. The average Bonchev–Trinajstić information content (AvgIpc) is 2.94.